The lowest BCUT2D eigenvalue weighted by atomic mass is 10.0. The number of hydrogen-bond acceptors (Lipinski definition) is 3. The molecule has 118 valence electrons. The molecule has 0 aliphatic carbocycles. The number of nitrogens with zero attached hydrogens (tertiary/aromatic N) is 1. The molecular weight excluding hydrogens is 262 g/mol. The third-order valence-corrected chi connectivity index (χ3v) is 3.57. The van der Waals surface area contributed by atoms with Gasteiger partial charge in [-0.25, -0.2) is 0 Å². The fourth-order valence-electron chi connectivity index (χ4n) is 2.59. The van der Waals surface area contributed by atoms with Crippen LogP contribution < -0.4 is 4.74 Å². The maximum absolute atomic E-state index is 12.6. The Bertz CT molecular complexity index is 463. The highest BCUT2D eigenvalue weighted by Gasteiger charge is 2.15. The molecule has 0 aromatic heterocycles. The topological polar surface area (TPSA) is 29.5 Å². The van der Waals surface area contributed by atoms with Gasteiger partial charge in [0.2, 0.25) is 0 Å². The standard InChI is InChI=1S/C18H29NO2/c1-6-9-19(10-7-2)13-17(20)16-11-15(5)18(21-8-3)12-14(16)4/h11-12H,6-10,13H2,1-5H3. The minimum absolute atomic E-state index is 0.209. The van der Waals surface area contributed by atoms with Crippen molar-refractivity contribution in [2.75, 3.05) is 26.2 Å². The van der Waals surface area contributed by atoms with E-state index in [1.165, 1.54) is 0 Å². The number of benzene rings is 1. The van der Waals surface area contributed by atoms with Gasteiger partial charge in [0.1, 0.15) is 5.75 Å². The van der Waals surface area contributed by atoms with Gasteiger partial charge in [-0.1, -0.05) is 13.8 Å². The molecule has 1 aromatic rings. The maximum atomic E-state index is 12.6. The Balaban J connectivity index is 2.88. The molecule has 0 fully saturated rings. The van der Waals surface area contributed by atoms with E-state index in [0.29, 0.717) is 13.2 Å². The van der Waals surface area contributed by atoms with Gasteiger partial charge in [0.25, 0.3) is 0 Å². The summed E-state index contributed by atoms with van der Waals surface area (Å²) in [5, 5.41) is 0. The van der Waals surface area contributed by atoms with E-state index >= 15 is 0 Å². The monoisotopic (exact) mass is 291 g/mol. The molecule has 0 saturated heterocycles. The lowest BCUT2D eigenvalue weighted by Crippen LogP contribution is -2.31. The van der Waals surface area contributed by atoms with E-state index < -0.39 is 0 Å². The molecule has 0 aliphatic heterocycles. The van der Waals surface area contributed by atoms with Crippen LogP contribution in [0.1, 0.15) is 55.1 Å². The van der Waals surface area contributed by atoms with Crippen molar-refractivity contribution in [1.29, 1.82) is 0 Å². The highest BCUT2D eigenvalue weighted by Crippen LogP contribution is 2.23. The first-order chi connectivity index (χ1) is 10.0. The van der Waals surface area contributed by atoms with Crippen LogP contribution in [0.25, 0.3) is 0 Å². The number of ketones is 1. The van der Waals surface area contributed by atoms with E-state index in [9.17, 15) is 4.79 Å². The number of aryl methyl sites for hydroxylation is 2. The molecule has 0 saturated carbocycles. The Morgan fingerprint density at radius 2 is 1.67 bits per heavy atom. The lowest BCUT2D eigenvalue weighted by Gasteiger charge is -2.21. The summed E-state index contributed by atoms with van der Waals surface area (Å²) in [6.45, 7) is 13.4. The predicted molar refractivity (Wildman–Crippen MR) is 88.4 cm³/mol. The van der Waals surface area contributed by atoms with Gasteiger partial charge in [0.05, 0.1) is 13.2 Å². The molecule has 0 amide bonds. The Morgan fingerprint density at radius 3 is 2.19 bits per heavy atom. The molecule has 21 heavy (non-hydrogen) atoms. The summed E-state index contributed by atoms with van der Waals surface area (Å²) in [7, 11) is 0. The molecule has 0 bridgehead atoms. The zero-order chi connectivity index (χ0) is 15.8. The van der Waals surface area contributed by atoms with Gasteiger partial charge in [0, 0.05) is 5.56 Å². The molecule has 3 heteroatoms. The number of rotatable bonds is 9. The quantitative estimate of drug-likeness (QED) is 0.644. The second-order valence-corrected chi connectivity index (χ2v) is 5.56. The molecule has 0 spiro atoms. The molecule has 0 unspecified atom stereocenters. The first kappa shape index (κ1) is 17.7. The van der Waals surface area contributed by atoms with Crippen LogP contribution in [-0.4, -0.2) is 36.9 Å². The van der Waals surface area contributed by atoms with Gasteiger partial charge < -0.3 is 4.74 Å². The lowest BCUT2D eigenvalue weighted by molar-refractivity contribution is 0.0930. The van der Waals surface area contributed by atoms with Crippen LogP contribution in [0.15, 0.2) is 12.1 Å². The van der Waals surface area contributed by atoms with Crippen LogP contribution >= 0.6 is 0 Å². The zero-order valence-corrected chi connectivity index (χ0v) is 14.2. The smallest absolute Gasteiger partial charge is 0.177 e. The molecule has 0 radical (unpaired) electrons. The number of carbonyl (C=O) groups excluding carboxylic acids is 1. The van der Waals surface area contributed by atoms with Crippen molar-refractivity contribution in [1.82, 2.24) is 4.90 Å². The summed E-state index contributed by atoms with van der Waals surface area (Å²) < 4.78 is 5.59. The van der Waals surface area contributed by atoms with Crippen LogP contribution in [0.5, 0.6) is 5.75 Å². The van der Waals surface area contributed by atoms with E-state index in [0.717, 1.165) is 48.4 Å². The largest absolute Gasteiger partial charge is 0.494 e. The Kier molecular flexibility index (Phi) is 7.44. The fourth-order valence-corrected chi connectivity index (χ4v) is 2.59. The van der Waals surface area contributed by atoms with Crippen LogP contribution in [0.3, 0.4) is 0 Å². The second kappa shape index (κ2) is 8.83. The van der Waals surface area contributed by atoms with Crippen molar-refractivity contribution < 1.29 is 9.53 Å². The van der Waals surface area contributed by atoms with Crippen molar-refractivity contribution in [2.45, 2.75) is 47.5 Å². The first-order valence-electron chi connectivity index (χ1n) is 8.03. The Hall–Kier alpha value is -1.35. The Morgan fingerprint density at radius 1 is 1.05 bits per heavy atom. The average molecular weight is 291 g/mol. The third-order valence-electron chi connectivity index (χ3n) is 3.57. The molecule has 0 atom stereocenters. The predicted octanol–water partition coefficient (Wildman–Crippen LogP) is 4.01. The second-order valence-electron chi connectivity index (χ2n) is 5.56. The molecule has 1 aromatic carbocycles. The molecule has 0 N–H and O–H groups in total. The summed E-state index contributed by atoms with van der Waals surface area (Å²) >= 11 is 0. The number of carbonyl (C=O) groups is 1. The normalized spacial score (nSPS) is 11.0. The number of hydrogen-bond donors (Lipinski definition) is 0. The van der Waals surface area contributed by atoms with Gasteiger partial charge >= 0.3 is 0 Å². The van der Waals surface area contributed by atoms with Crippen molar-refractivity contribution in [3.63, 3.8) is 0 Å². The van der Waals surface area contributed by atoms with Gasteiger partial charge in [-0.15, -0.1) is 0 Å². The van der Waals surface area contributed by atoms with Crippen LogP contribution in [-0.2, 0) is 0 Å². The minimum atomic E-state index is 0.209. The first-order valence-corrected chi connectivity index (χ1v) is 8.03. The van der Waals surface area contributed by atoms with E-state index in [1.807, 2.05) is 32.9 Å². The molecular formula is C18H29NO2. The minimum Gasteiger partial charge on any atom is -0.494 e. The summed E-state index contributed by atoms with van der Waals surface area (Å²) in [6, 6.07) is 3.95. The zero-order valence-electron chi connectivity index (χ0n) is 14.2. The van der Waals surface area contributed by atoms with E-state index in [-0.39, 0.29) is 5.78 Å². The van der Waals surface area contributed by atoms with Crippen LogP contribution in [0.2, 0.25) is 0 Å². The summed E-state index contributed by atoms with van der Waals surface area (Å²) in [6.07, 6.45) is 2.16. The fraction of sp³-hybridized carbons (Fsp3) is 0.611. The maximum Gasteiger partial charge on any atom is 0.177 e. The number of Topliss-reactive ketones (excluding diaryl/α,β-unsaturated/α-hetero) is 1. The van der Waals surface area contributed by atoms with Crippen molar-refractivity contribution >= 4 is 5.78 Å². The van der Waals surface area contributed by atoms with Crippen molar-refractivity contribution in [3.8, 4) is 5.75 Å². The van der Waals surface area contributed by atoms with E-state index in [1.54, 1.807) is 0 Å². The molecule has 0 heterocycles. The summed E-state index contributed by atoms with van der Waals surface area (Å²) in [4.78, 5) is 14.8. The van der Waals surface area contributed by atoms with Crippen molar-refractivity contribution in [2.24, 2.45) is 0 Å². The summed E-state index contributed by atoms with van der Waals surface area (Å²) in [5.41, 5.74) is 2.86. The third kappa shape index (κ3) is 5.16. The van der Waals surface area contributed by atoms with E-state index in [4.69, 9.17) is 4.74 Å². The number of ether oxygens (including phenoxy) is 1. The highest BCUT2D eigenvalue weighted by atomic mass is 16.5. The Labute approximate surface area is 129 Å². The van der Waals surface area contributed by atoms with Crippen LogP contribution in [0, 0.1) is 13.8 Å². The SMILES string of the molecule is CCCN(CCC)CC(=O)c1cc(C)c(OCC)cc1C. The summed E-state index contributed by atoms with van der Waals surface area (Å²) in [5.74, 6) is 1.09. The highest BCUT2D eigenvalue weighted by molar-refractivity contribution is 5.99. The molecule has 0 aliphatic rings. The molecule has 1 rings (SSSR count). The van der Waals surface area contributed by atoms with Gasteiger partial charge in [-0.2, -0.15) is 0 Å². The van der Waals surface area contributed by atoms with Gasteiger partial charge in [-0.05, 0) is 70.0 Å². The van der Waals surface area contributed by atoms with Crippen molar-refractivity contribution in [3.05, 3.63) is 28.8 Å². The van der Waals surface area contributed by atoms with Crippen LogP contribution in [0.4, 0.5) is 0 Å². The van der Waals surface area contributed by atoms with Gasteiger partial charge in [-0.3, -0.25) is 9.69 Å². The average Bonchev–Trinajstić information content (AvgIpc) is 2.43. The molecule has 3 nitrogen and oxygen atoms in total. The van der Waals surface area contributed by atoms with Gasteiger partial charge in [0.15, 0.2) is 5.78 Å². The van der Waals surface area contributed by atoms with E-state index in [2.05, 4.69) is 18.7 Å².